The highest BCUT2D eigenvalue weighted by Gasteiger charge is 2.17. The van der Waals surface area contributed by atoms with Gasteiger partial charge in [-0.3, -0.25) is 4.79 Å². The van der Waals surface area contributed by atoms with Crippen LogP contribution in [0.3, 0.4) is 0 Å². The minimum Gasteiger partial charge on any atom is -0.480 e. The van der Waals surface area contributed by atoms with Crippen molar-refractivity contribution in [3.63, 3.8) is 0 Å². The molecule has 0 saturated heterocycles. The number of rotatable bonds is 2. The van der Waals surface area contributed by atoms with Crippen LogP contribution < -0.4 is 5.73 Å². The van der Waals surface area contributed by atoms with Gasteiger partial charge in [0.15, 0.2) is 6.04 Å². The zero-order chi connectivity index (χ0) is 8.43. The molecule has 11 heavy (non-hydrogen) atoms. The lowest BCUT2D eigenvalue weighted by Gasteiger charge is -1.99. The molecule has 3 N–H and O–H groups in total. The fourth-order valence-electron chi connectivity index (χ4n) is 0.613. The second-order valence-electron chi connectivity index (χ2n) is 1.98. The number of nitrogens with two attached hydrogens (primary N) is 1. The number of carbonyl (C=O) groups is 1. The summed E-state index contributed by atoms with van der Waals surface area (Å²) in [6.45, 7) is 0. The molecule has 5 heteroatoms. The van der Waals surface area contributed by atoms with Crippen molar-refractivity contribution in [3.8, 4) is 0 Å². The van der Waals surface area contributed by atoms with Crippen LogP contribution in [0.25, 0.3) is 0 Å². The zero-order valence-corrected chi connectivity index (χ0v) is 7.04. The van der Waals surface area contributed by atoms with Crippen LogP contribution in [0.4, 0.5) is 0 Å². The molecule has 0 saturated carbocycles. The number of hydrogen-bond donors (Lipinski definition) is 2. The smallest absolute Gasteiger partial charge is 0.328 e. The summed E-state index contributed by atoms with van der Waals surface area (Å²) in [7, 11) is 0. The average Bonchev–Trinajstić information content (AvgIpc) is 2.34. The predicted molar refractivity (Wildman–Crippen MR) is 41.0 cm³/mol. The summed E-state index contributed by atoms with van der Waals surface area (Å²) in [6.07, 6.45) is 1.39. The first kappa shape index (κ1) is 8.29. The Labute approximate surface area is 71.1 Å². The number of carboxylic acid groups (broad SMARTS) is 1. The van der Waals surface area contributed by atoms with Crippen LogP contribution in [0.5, 0.6) is 0 Å². The SMILES string of the molecule is N[C@@H](C(=O)O)c1cc(Br)co1. The van der Waals surface area contributed by atoms with Gasteiger partial charge in [-0.2, -0.15) is 0 Å². The van der Waals surface area contributed by atoms with Gasteiger partial charge in [0.1, 0.15) is 12.0 Å². The molecular weight excluding hydrogens is 214 g/mol. The third-order valence-electron chi connectivity index (χ3n) is 1.16. The molecule has 1 atom stereocenters. The van der Waals surface area contributed by atoms with Gasteiger partial charge in [-0.25, -0.2) is 0 Å². The summed E-state index contributed by atoms with van der Waals surface area (Å²) in [5, 5.41) is 8.44. The fraction of sp³-hybridized carbons (Fsp3) is 0.167. The molecule has 60 valence electrons. The van der Waals surface area contributed by atoms with E-state index in [0.29, 0.717) is 4.47 Å². The summed E-state index contributed by atoms with van der Waals surface area (Å²) in [5.74, 6) is -0.865. The van der Waals surface area contributed by atoms with Crippen LogP contribution in [0.2, 0.25) is 0 Å². The van der Waals surface area contributed by atoms with Crippen LogP contribution in [0.15, 0.2) is 21.2 Å². The molecule has 0 fully saturated rings. The molecule has 1 aromatic rings. The number of hydrogen-bond acceptors (Lipinski definition) is 3. The Balaban J connectivity index is 2.84. The van der Waals surface area contributed by atoms with Crippen molar-refractivity contribution in [2.75, 3.05) is 0 Å². The first-order valence-electron chi connectivity index (χ1n) is 2.83. The Hall–Kier alpha value is -0.810. The van der Waals surface area contributed by atoms with Crippen LogP contribution in [0, 0.1) is 0 Å². The Morgan fingerprint density at radius 1 is 1.82 bits per heavy atom. The van der Waals surface area contributed by atoms with E-state index in [1.165, 1.54) is 12.3 Å². The number of furan rings is 1. The second kappa shape index (κ2) is 3.06. The lowest BCUT2D eigenvalue weighted by Crippen LogP contribution is -2.19. The van der Waals surface area contributed by atoms with Crippen LogP contribution in [0.1, 0.15) is 11.8 Å². The van der Waals surface area contributed by atoms with Crippen molar-refractivity contribution in [2.45, 2.75) is 6.04 Å². The van der Waals surface area contributed by atoms with Gasteiger partial charge >= 0.3 is 5.97 Å². The van der Waals surface area contributed by atoms with E-state index in [0.717, 1.165) is 0 Å². The van der Waals surface area contributed by atoms with E-state index in [2.05, 4.69) is 15.9 Å². The van der Waals surface area contributed by atoms with E-state index in [-0.39, 0.29) is 5.76 Å². The summed E-state index contributed by atoms with van der Waals surface area (Å²) in [4.78, 5) is 10.3. The highest BCUT2D eigenvalue weighted by atomic mass is 79.9. The van der Waals surface area contributed by atoms with Crippen molar-refractivity contribution < 1.29 is 14.3 Å². The molecule has 1 aromatic heterocycles. The van der Waals surface area contributed by atoms with E-state index in [1.54, 1.807) is 0 Å². The van der Waals surface area contributed by atoms with E-state index >= 15 is 0 Å². The van der Waals surface area contributed by atoms with Gasteiger partial charge in [0.2, 0.25) is 0 Å². The fourth-order valence-corrected chi connectivity index (χ4v) is 0.932. The molecule has 4 nitrogen and oxygen atoms in total. The molecular formula is C6H6BrNO3. The highest BCUT2D eigenvalue weighted by molar-refractivity contribution is 9.10. The Kier molecular flexibility index (Phi) is 2.31. The number of carboxylic acids is 1. The Bertz CT molecular complexity index is 271. The van der Waals surface area contributed by atoms with Crippen LogP contribution in [-0.4, -0.2) is 11.1 Å². The summed E-state index contributed by atoms with van der Waals surface area (Å²) >= 11 is 3.11. The van der Waals surface area contributed by atoms with Gasteiger partial charge in [0.25, 0.3) is 0 Å². The minimum atomic E-state index is -1.10. The first-order chi connectivity index (χ1) is 5.11. The molecule has 0 bridgehead atoms. The van der Waals surface area contributed by atoms with E-state index in [4.69, 9.17) is 15.3 Å². The molecule has 1 heterocycles. The molecule has 0 radical (unpaired) electrons. The first-order valence-corrected chi connectivity index (χ1v) is 3.63. The lowest BCUT2D eigenvalue weighted by atomic mass is 10.2. The topological polar surface area (TPSA) is 76.5 Å². The van der Waals surface area contributed by atoms with Gasteiger partial charge in [0, 0.05) is 0 Å². The van der Waals surface area contributed by atoms with Crippen molar-refractivity contribution in [2.24, 2.45) is 5.73 Å². The van der Waals surface area contributed by atoms with E-state index < -0.39 is 12.0 Å². The second-order valence-corrected chi connectivity index (χ2v) is 2.90. The maximum absolute atomic E-state index is 10.3. The zero-order valence-electron chi connectivity index (χ0n) is 5.45. The van der Waals surface area contributed by atoms with E-state index in [9.17, 15) is 4.79 Å². The molecule has 1 rings (SSSR count). The van der Waals surface area contributed by atoms with Crippen LogP contribution in [-0.2, 0) is 4.79 Å². The molecule has 0 amide bonds. The van der Waals surface area contributed by atoms with E-state index in [1.807, 2.05) is 0 Å². The highest BCUT2D eigenvalue weighted by Crippen LogP contribution is 2.18. The normalized spacial score (nSPS) is 12.9. The average molecular weight is 220 g/mol. The van der Waals surface area contributed by atoms with Crippen molar-refractivity contribution in [3.05, 3.63) is 22.6 Å². The molecule has 0 spiro atoms. The van der Waals surface area contributed by atoms with Gasteiger partial charge in [-0.1, -0.05) is 0 Å². The molecule has 0 aromatic carbocycles. The quantitative estimate of drug-likeness (QED) is 0.782. The summed E-state index contributed by atoms with van der Waals surface area (Å²) < 4.78 is 5.52. The minimum absolute atomic E-state index is 0.240. The molecule has 0 unspecified atom stereocenters. The summed E-state index contributed by atoms with van der Waals surface area (Å²) in [5.41, 5.74) is 5.24. The van der Waals surface area contributed by atoms with Crippen molar-refractivity contribution in [1.29, 1.82) is 0 Å². The maximum Gasteiger partial charge on any atom is 0.328 e. The lowest BCUT2D eigenvalue weighted by molar-refractivity contribution is -0.139. The third-order valence-corrected chi connectivity index (χ3v) is 1.58. The maximum atomic E-state index is 10.3. The number of aliphatic carboxylic acids is 1. The molecule has 0 aliphatic heterocycles. The Morgan fingerprint density at radius 3 is 2.82 bits per heavy atom. The molecule has 0 aliphatic rings. The monoisotopic (exact) mass is 219 g/mol. The van der Waals surface area contributed by atoms with Crippen LogP contribution >= 0.6 is 15.9 Å². The Morgan fingerprint density at radius 2 is 2.45 bits per heavy atom. The van der Waals surface area contributed by atoms with Gasteiger partial charge < -0.3 is 15.3 Å². The number of halogens is 1. The largest absolute Gasteiger partial charge is 0.480 e. The van der Waals surface area contributed by atoms with Gasteiger partial charge in [-0.15, -0.1) is 0 Å². The van der Waals surface area contributed by atoms with Crippen molar-refractivity contribution in [1.82, 2.24) is 0 Å². The van der Waals surface area contributed by atoms with Crippen molar-refractivity contribution >= 4 is 21.9 Å². The molecule has 0 aliphatic carbocycles. The van der Waals surface area contributed by atoms with Gasteiger partial charge in [0.05, 0.1) is 4.47 Å². The van der Waals surface area contributed by atoms with Gasteiger partial charge in [-0.05, 0) is 22.0 Å². The summed E-state index contributed by atoms with van der Waals surface area (Å²) in [6, 6.07) is 0.444. The predicted octanol–water partition coefficient (Wildman–Crippen LogP) is 1.13. The third kappa shape index (κ3) is 1.81. The standard InChI is InChI=1S/C6H6BrNO3/c7-3-1-4(11-2-3)5(8)6(9)10/h1-2,5H,8H2,(H,9,10)/t5-/m1/s1.